The predicted octanol–water partition coefficient (Wildman–Crippen LogP) is 5.38. The van der Waals surface area contributed by atoms with E-state index in [4.69, 9.17) is 14.0 Å². The molecule has 4 aromatic rings. The Kier molecular flexibility index (Phi) is 7.11. The highest BCUT2D eigenvalue weighted by Gasteiger charge is 2.12. The second-order valence-corrected chi connectivity index (χ2v) is 7.83. The van der Waals surface area contributed by atoms with E-state index in [0.29, 0.717) is 46.4 Å². The van der Waals surface area contributed by atoms with Crippen molar-refractivity contribution >= 4 is 23.2 Å². The van der Waals surface area contributed by atoms with Crippen molar-refractivity contribution in [2.24, 2.45) is 0 Å². The highest BCUT2D eigenvalue weighted by atomic mass is 16.5. The second-order valence-electron chi connectivity index (χ2n) is 7.83. The number of methoxy groups -OCH3 is 1. The molecule has 8 heteroatoms. The number of amides is 2. The SMILES string of the molecule is COc1ccc(NC(=O)c2ccc(NC(=O)c3cccc(OCc4c(C)noc4C)c3)cc2)cc1. The Morgan fingerprint density at radius 2 is 1.46 bits per heavy atom. The smallest absolute Gasteiger partial charge is 0.255 e. The van der Waals surface area contributed by atoms with Gasteiger partial charge in [-0.25, -0.2) is 0 Å². The number of aryl methyl sites for hydroxylation is 2. The molecule has 8 nitrogen and oxygen atoms in total. The monoisotopic (exact) mass is 471 g/mol. The molecule has 35 heavy (non-hydrogen) atoms. The number of anilines is 2. The van der Waals surface area contributed by atoms with E-state index >= 15 is 0 Å². The molecule has 4 rings (SSSR count). The lowest BCUT2D eigenvalue weighted by Gasteiger charge is -2.10. The number of hydrogen-bond acceptors (Lipinski definition) is 6. The normalized spacial score (nSPS) is 10.5. The van der Waals surface area contributed by atoms with Gasteiger partial charge in [0.25, 0.3) is 11.8 Å². The van der Waals surface area contributed by atoms with Crippen molar-refractivity contribution in [3.05, 3.63) is 101 Å². The maximum absolute atomic E-state index is 12.7. The summed E-state index contributed by atoms with van der Waals surface area (Å²) in [5.74, 6) is 1.43. The van der Waals surface area contributed by atoms with Crippen molar-refractivity contribution in [1.82, 2.24) is 5.16 Å². The summed E-state index contributed by atoms with van der Waals surface area (Å²) in [6, 6.07) is 20.6. The molecule has 0 atom stereocenters. The molecule has 2 amide bonds. The average molecular weight is 472 g/mol. The Bertz CT molecular complexity index is 1310. The fourth-order valence-electron chi connectivity index (χ4n) is 3.38. The van der Waals surface area contributed by atoms with Crippen LogP contribution >= 0.6 is 0 Å². The molecule has 0 unspecified atom stereocenters. The summed E-state index contributed by atoms with van der Waals surface area (Å²) in [4.78, 5) is 25.2. The van der Waals surface area contributed by atoms with Crippen molar-refractivity contribution in [2.45, 2.75) is 20.5 Å². The number of rotatable bonds is 8. The Morgan fingerprint density at radius 3 is 2.06 bits per heavy atom. The molecule has 0 radical (unpaired) electrons. The number of benzene rings is 3. The van der Waals surface area contributed by atoms with Crippen LogP contribution in [0.2, 0.25) is 0 Å². The van der Waals surface area contributed by atoms with Gasteiger partial charge in [-0.15, -0.1) is 0 Å². The van der Waals surface area contributed by atoms with Gasteiger partial charge in [-0.05, 0) is 80.6 Å². The maximum Gasteiger partial charge on any atom is 0.255 e. The molecule has 0 fully saturated rings. The minimum absolute atomic E-state index is 0.254. The van der Waals surface area contributed by atoms with Gasteiger partial charge in [0, 0.05) is 22.5 Å². The third-order valence-corrected chi connectivity index (χ3v) is 5.41. The van der Waals surface area contributed by atoms with E-state index in [1.54, 1.807) is 79.9 Å². The molecule has 2 N–H and O–H groups in total. The quantitative estimate of drug-likeness (QED) is 0.358. The average Bonchev–Trinajstić information content (AvgIpc) is 3.20. The Labute approximate surface area is 202 Å². The molecule has 178 valence electrons. The van der Waals surface area contributed by atoms with Crippen molar-refractivity contribution < 1.29 is 23.6 Å². The van der Waals surface area contributed by atoms with Crippen LogP contribution in [0.15, 0.2) is 77.3 Å². The lowest BCUT2D eigenvalue weighted by Crippen LogP contribution is -2.14. The van der Waals surface area contributed by atoms with Gasteiger partial charge in [0.1, 0.15) is 23.9 Å². The fraction of sp³-hybridized carbons (Fsp3) is 0.148. The van der Waals surface area contributed by atoms with Crippen LogP contribution in [0.3, 0.4) is 0 Å². The van der Waals surface area contributed by atoms with E-state index in [1.165, 1.54) is 0 Å². The van der Waals surface area contributed by atoms with Crippen LogP contribution < -0.4 is 20.1 Å². The molecular formula is C27H25N3O5. The van der Waals surface area contributed by atoms with E-state index in [0.717, 1.165) is 11.3 Å². The van der Waals surface area contributed by atoms with Gasteiger partial charge in [0.15, 0.2) is 0 Å². The first-order valence-electron chi connectivity index (χ1n) is 10.9. The van der Waals surface area contributed by atoms with Gasteiger partial charge in [-0.1, -0.05) is 11.2 Å². The minimum atomic E-state index is -0.289. The summed E-state index contributed by atoms with van der Waals surface area (Å²) in [5.41, 5.74) is 3.80. The molecule has 0 aliphatic heterocycles. The van der Waals surface area contributed by atoms with E-state index in [2.05, 4.69) is 15.8 Å². The van der Waals surface area contributed by atoms with E-state index in [-0.39, 0.29) is 11.8 Å². The second kappa shape index (κ2) is 10.6. The summed E-state index contributed by atoms with van der Waals surface area (Å²) in [7, 11) is 1.58. The van der Waals surface area contributed by atoms with E-state index in [1.807, 2.05) is 13.8 Å². The molecule has 1 aromatic heterocycles. The number of carbonyl (C=O) groups excluding carboxylic acids is 2. The number of nitrogens with zero attached hydrogens (tertiary/aromatic N) is 1. The zero-order chi connectivity index (χ0) is 24.8. The predicted molar refractivity (Wildman–Crippen MR) is 132 cm³/mol. The third kappa shape index (κ3) is 5.86. The van der Waals surface area contributed by atoms with Gasteiger partial charge in [-0.2, -0.15) is 0 Å². The van der Waals surface area contributed by atoms with Crippen LogP contribution in [-0.4, -0.2) is 24.1 Å². The number of aromatic nitrogens is 1. The molecule has 0 aliphatic carbocycles. The van der Waals surface area contributed by atoms with Crippen molar-refractivity contribution in [1.29, 1.82) is 0 Å². The molecule has 0 saturated carbocycles. The Morgan fingerprint density at radius 1 is 0.829 bits per heavy atom. The van der Waals surface area contributed by atoms with Gasteiger partial charge in [0.2, 0.25) is 0 Å². The largest absolute Gasteiger partial charge is 0.497 e. The number of carbonyl (C=O) groups is 2. The van der Waals surface area contributed by atoms with Crippen LogP contribution in [0.5, 0.6) is 11.5 Å². The fourth-order valence-corrected chi connectivity index (χ4v) is 3.38. The van der Waals surface area contributed by atoms with Crippen molar-refractivity contribution in [3.63, 3.8) is 0 Å². The minimum Gasteiger partial charge on any atom is -0.497 e. The lowest BCUT2D eigenvalue weighted by atomic mass is 10.1. The van der Waals surface area contributed by atoms with Crippen LogP contribution in [0.25, 0.3) is 0 Å². The molecule has 0 saturated heterocycles. The molecule has 0 bridgehead atoms. The van der Waals surface area contributed by atoms with Crippen molar-refractivity contribution in [2.75, 3.05) is 17.7 Å². The van der Waals surface area contributed by atoms with Gasteiger partial charge in [-0.3, -0.25) is 9.59 Å². The molecule has 1 heterocycles. The van der Waals surface area contributed by atoms with Crippen molar-refractivity contribution in [3.8, 4) is 11.5 Å². The molecule has 3 aromatic carbocycles. The van der Waals surface area contributed by atoms with E-state index < -0.39 is 0 Å². The van der Waals surface area contributed by atoms with Crippen LogP contribution in [0, 0.1) is 13.8 Å². The summed E-state index contributed by atoms with van der Waals surface area (Å²) in [5, 5.41) is 9.58. The standard InChI is InChI=1S/C27H25N3O5/c1-17-25(18(2)35-30-17)16-34-24-6-4-5-20(15-24)27(32)29-21-9-7-19(8-10-21)26(31)28-22-11-13-23(33-3)14-12-22/h4-15H,16H2,1-3H3,(H,28,31)(H,29,32). The summed E-state index contributed by atoms with van der Waals surface area (Å²) >= 11 is 0. The summed E-state index contributed by atoms with van der Waals surface area (Å²) in [6.07, 6.45) is 0. The zero-order valence-electron chi connectivity index (χ0n) is 19.6. The molecule has 0 spiro atoms. The lowest BCUT2D eigenvalue weighted by molar-refractivity contribution is 0.101. The van der Waals surface area contributed by atoms with E-state index in [9.17, 15) is 9.59 Å². The Hall–Kier alpha value is -4.59. The first-order chi connectivity index (χ1) is 16.9. The molecular weight excluding hydrogens is 446 g/mol. The van der Waals surface area contributed by atoms with Crippen LogP contribution in [0.1, 0.15) is 37.7 Å². The Balaban J connectivity index is 1.35. The third-order valence-electron chi connectivity index (χ3n) is 5.41. The maximum atomic E-state index is 12.7. The highest BCUT2D eigenvalue weighted by Crippen LogP contribution is 2.20. The highest BCUT2D eigenvalue weighted by molar-refractivity contribution is 6.06. The van der Waals surface area contributed by atoms with Crippen LogP contribution in [0.4, 0.5) is 11.4 Å². The first-order valence-corrected chi connectivity index (χ1v) is 10.9. The summed E-state index contributed by atoms with van der Waals surface area (Å²) in [6.45, 7) is 3.98. The number of ether oxygens (including phenoxy) is 2. The number of hydrogen-bond donors (Lipinski definition) is 2. The first kappa shape index (κ1) is 23.6. The van der Waals surface area contributed by atoms with Gasteiger partial charge >= 0.3 is 0 Å². The topological polar surface area (TPSA) is 103 Å². The molecule has 0 aliphatic rings. The van der Waals surface area contributed by atoms with Gasteiger partial charge < -0.3 is 24.6 Å². The van der Waals surface area contributed by atoms with Crippen LogP contribution in [-0.2, 0) is 6.61 Å². The summed E-state index contributed by atoms with van der Waals surface area (Å²) < 4.78 is 16.1. The zero-order valence-corrected chi connectivity index (χ0v) is 19.6. The van der Waals surface area contributed by atoms with Gasteiger partial charge in [0.05, 0.1) is 18.4 Å². The number of nitrogens with one attached hydrogen (secondary N) is 2.